The van der Waals surface area contributed by atoms with Gasteiger partial charge in [0.15, 0.2) is 6.29 Å². The van der Waals surface area contributed by atoms with Gasteiger partial charge in [-0.05, 0) is 0 Å². The van der Waals surface area contributed by atoms with Crippen molar-refractivity contribution in [3.8, 4) is 0 Å². The summed E-state index contributed by atoms with van der Waals surface area (Å²) in [7, 11) is 0. The molecule has 4 N–H and O–H groups in total. The van der Waals surface area contributed by atoms with E-state index in [0.717, 1.165) is 0 Å². The van der Waals surface area contributed by atoms with Gasteiger partial charge in [-0.3, -0.25) is 10.1 Å². The van der Waals surface area contributed by atoms with Gasteiger partial charge in [-0.1, -0.05) is 12.1 Å². The molecule has 0 aromatic heterocycles. The van der Waals surface area contributed by atoms with Crippen molar-refractivity contribution in [2.24, 2.45) is 0 Å². The van der Waals surface area contributed by atoms with Crippen LogP contribution in [0, 0.1) is 10.1 Å². The fraction of sp³-hybridized carbons (Fsp3) is 0.538. The highest BCUT2D eigenvalue weighted by molar-refractivity contribution is 5.34. The number of benzene rings is 1. The van der Waals surface area contributed by atoms with Gasteiger partial charge in [-0.2, -0.15) is 0 Å². The van der Waals surface area contributed by atoms with Crippen LogP contribution < -0.4 is 0 Å². The second-order valence-corrected chi connectivity index (χ2v) is 4.92. The van der Waals surface area contributed by atoms with Crippen LogP contribution in [0.2, 0.25) is 0 Å². The third kappa shape index (κ3) is 3.58. The lowest BCUT2D eigenvalue weighted by atomic mass is 10.0. The Bertz CT molecular complexity index is 525. The predicted octanol–water partition coefficient (Wildman–Crippen LogP) is -0.916. The van der Waals surface area contributed by atoms with E-state index in [2.05, 4.69) is 0 Å². The SMILES string of the molecule is O=[N+]([O-])c1cccc(C2OC[C@H](O)[C@@H](O)[C@H](O)[C@@H](CO)O2)c1. The summed E-state index contributed by atoms with van der Waals surface area (Å²) in [5.74, 6) is 0. The van der Waals surface area contributed by atoms with Crippen LogP contribution >= 0.6 is 0 Å². The number of hydrogen-bond acceptors (Lipinski definition) is 8. The average molecular weight is 315 g/mol. The molecule has 1 fully saturated rings. The molecule has 0 radical (unpaired) electrons. The van der Waals surface area contributed by atoms with Crippen molar-refractivity contribution in [2.75, 3.05) is 13.2 Å². The standard InChI is InChI=1S/C13H17NO8/c15-5-10-12(18)11(17)9(16)6-21-13(22-10)7-2-1-3-8(4-7)14(19)20/h1-4,9-13,15-18H,5-6H2/t9-,10+,11+,12+,13?/m0/s1. The van der Waals surface area contributed by atoms with Crippen LogP contribution in [0.5, 0.6) is 0 Å². The quantitative estimate of drug-likeness (QED) is 0.414. The first-order valence-electron chi connectivity index (χ1n) is 6.60. The molecule has 1 heterocycles. The van der Waals surface area contributed by atoms with Gasteiger partial charge in [0.25, 0.3) is 5.69 Å². The van der Waals surface area contributed by atoms with E-state index >= 15 is 0 Å². The zero-order valence-electron chi connectivity index (χ0n) is 11.5. The molecule has 22 heavy (non-hydrogen) atoms. The number of nitro groups is 1. The Morgan fingerprint density at radius 2 is 2.00 bits per heavy atom. The molecule has 0 bridgehead atoms. The molecule has 0 aliphatic carbocycles. The normalized spacial score (nSPS) is 33.0. The Labute approximate surface area is 125 Å². The summed E-state index contributed by atoms with van der Waals surface area (Å²) in [6.45, 7) is -0.969. The van der Waals surface area contributed by atoms with Gasteiger partial charge in [0.2, 0.25) is 0 Å². The molecule has 0 amide bonds. The fourth-order valence-corrected chi connectivity index (χ4v) is 2.12. The van der Waals surface area contributed by atoms with Crippen LogP contribution in [0.3, 0.4) is 0 Å². The molecule has 1 aliphatic rings. The van der Waals surface area contributed by atoms with Gasteiger partial charge in [-0.15, -0.1) is 0 Å². The van der Waals surface area contributed by atoms with Crippen LogP contribution in [0.15, 0.2) is 24.3 Å². The molecule has 1 aromatic rings. The third-order valence-electron chi connectivity index (χ3n) is 3.37. The van der Waals surface area contributed by atoms with E-state index in [1.807, 2.05) is 0 Å². The minimum atomic E-state index is -1.54. The first-order chi connectivity index (χ1) is 10.4. The van der Waals surface area contributed by atoms with Crippen LogP contribution in [0.25, 0.3) is 0 Å². The van der Waals surface area contributed by atoms with Crippen LogP contribution in [-0.4, -0.2) is 63.0 Å². The number of nitro benzene ring substituents is 1. The first-order valence-corrected chi connectivity index (χ1v) is 6.60. The van der Waals surface area contributed by atoms with Crippen LogP contribution in [-0.2, 0) is 9.47 Å². The maximum absolute atomic E-state index is 10.8. The van der Waals surface area contributed by atoms with Crippen molar-refractivity contribution in [3.05, 3.63) is 39.9 Å². The highest BCUT2D eigenvalue weighted by atomic mass is 16.7. The van der Waals surface area contributed by atoms with E-state index in [1.165, 1.54) is 24.3 Å². The van der Waals surface area contributed by atoms with Gasteiger partial charge >= 0.3 is 0 Å². The Kier molecular flexibility index (Phi) is 5.40. The van der Waals surface area contributed by atoms with Gasteiger partial charge < -0.3 is 29.9 Å². The largest absolute Gasteiger partial charge is 0.394 e. The number of aliphatic hydroxyl groups is 4. The lowest BCUT2D eigenvalue weighted by molar-refractivity contribution is -0.385. The lowest BCUT2D eigenvalue weighted by Crippen LogP contribution is -2.51. The average Bonchev–Trinajstić information content (AvgIpc) is 2.52. The number of aliphatic hydroxyl groups excluding tert-OH is 4. The van der Waals surface area contributed by atoms with Crippen molar-refractivity contribution >= 4 is 5.69 Å². The van der Waals surface area contributed by atoms with Gasteiger partial charge in [0, 0.05) is 17.7 Å². The number of ether oxygens (including phenoxy) is 2. The Morgan fingerprint density at radius 1 is 1.27 bits per heavy atom. The second-order valence-electron chi connectivity index (χ2n) is 4.92. The lowest BCUT2D eigenvalue weighted by Gasteiger charge is -2.34. The monoisotopic (exact) mass is 315 g/mol. The minimum Gasteiger partial charge on any atom is -0.394 e. The molecule has 122 valence electrons. The first kappa shape index (κ1) is 16.7. The molecule has 2 rings (SSSR count). The van der Waals surface area contributed by atoms with E-state index in [4.69, 9.17) is 9.47 Å². The highest BCUT2D eigenvalue weighted by Crippen LogP contribution is 2.28. The topological polar surface area (TPSA) is 143 Å². The number of hydrogen-bond donors (Lipinski definition) is 4. The summed E-state index contributed by atoms with van der Waals surface area (Å²) in [4.78, 5) is 10.2. The summed E-state index contributed by atoms with van der Waals surface area (Å²) < 4.78 is 10.7. The Hall–Kier alpha value is -1.62. The molecule has 1 unspecified atom stereocenters. The molecule has 1 saturated heterocycles. The molecule has 9 heteroatoms. The molecular weight excluding hydrogens is 298 g/mol. The zero-order valence-corrected chi connectivity index (χ0v) is 11.5. The second kappa shape index (κ2) is 7.09. The fourth-order valence-electron chi connectivity index (χ4n) is 2.12. The van der Waals surface area contributed by atoms with Crippen LogP contribution in [0.4, 0.5) is 5.69 Å². The van der Waals surface area contributed by atoms with Crippen molar-refractivity contribution in [1.82, 2.24) is 0 Å². The summed E-state index contributed by atoms with van der Waals surface area (Å²) >= 11 is 0. The smallest absolute Gasteiger partial charge is 0.269 e. The van der Waals surface area contributed by atoms with Crippen molar-refractivity contribution < 1.29 is 34.8 Å². The van der Waals surface area contributed by atoms with E-state index in [9.17, 15) is 30.5 Å². The van der Waals surface area contributed by atoms with Gasteiger partial charge in [-0.25, -0.2) is 0 Å². The number of non-ortho nitro benzene ring substituents is 1. The molecule has 1 aromatic carbocycles. The van der Waals surface area contributed by atoms with Crippen molar-refractivity contribution in [1.29, 1.82) is 0 Å². The van der Waals surface area contributed by atoms with Crippen LogP contribution in [0.1, 0.15) is 11.9 Å². The van der Waals surface area contributed by atoms with E-state index in [1.54, 1.807) is 0 Å². The molecule has 9 nitrogen and oxygen atoms in total. The van der Waals surface area contributed by atoms with Crippen molar-refractivity contribution in [3.63, 3.8) is 0 Å². The molecule has 0 spiro atoms. The van der Waals surface area contributed by atoms with E-state index in [0.29, 0.717) is 5.56 Å². The zero-order chi connectivity index (χ0) is 16.3. The number of nitrogens with zero attached hydrogens (tertiary/aromatic N) is 1. The molecule has 5 atom stereocenters. The minimum absolute atomic E-state index is 0.173. The highest BCUT2D eigenvalue weighted by Gasteiger charge is 2.37. The summed E-state index contributed by atoms with van der Waals surface area (Å²) in [5.41, 5.74) is 0.122. The summed E-state index contributed by atoms with van der Waals surface area (Å²) in [6, 6.07) is 5.48. The van der Waals surface area contributed by atoms with Gasteiger partial charge in [0.1, 0.15) is 24.4 Å². The van der Waals surface area contributed by atoms with Gasteiger partial charge in [0.05, 0.1) is 18.1 Å². The third-order valence-corrected chi connectivity index (χ3v) is 3.37. The summed E-state index contributed by atoms with van der Waals surface area (Å²) in [6.07, 6.45) is -6.79. The predicted molar refractivity (Wildman–Crippen MR) is 71.8 cm³/mol. The summed E-state index contributed by atoms with van der Waals surface area (Å²) in [5, 5.41) is 49.3. The Morgan fingerprint density at radius 3 is 2.64 bits per heavy atom. The number of rotatable bonds is 3. The molecule has 0 saturated carbocycles. The maximum atomic E-state index is 10.8. The van der Waals surface area contributed by atoms with E-state index < -0.39 is 42.2 Å². The van der Waals surface area contributed by atoms with E-state index in [-0.39, 0.29) is 12.3 Å². The molecule has 1 aliphatic heterocycles. The van der Waals surface area contributed by atoms with Crippen molar-refractivity contribution in [2.45, 2.75) is 30.7 Å². The molecular formula is C13H17NO8. The maximum Gasteiger partial charge on any atom is 0.269 e. The Balaban J connectivity index is 2.26.